The van der Waals surface area contributed by atoms with Crippen LogP contribution in [0.4, 0.5) is 16.0 Å². The van der Waals surface area contributed by atoms with Gasteiger partial charge in [0.25, 0.3) is 0 Å². The Labute approximate surface area is 184 Å². The summed E-state index contributed by atoms with van der Waals surface area (Å²) in [7, 11) is 0. The second-order valence-corrected chi connectivity index (χ2v) is 9.44. The van der Waals surface area contributed by atoms with Crippen LogP contribution in [0.3, 0.4) is 0 Å². The zero-order chi connectivity index (χ0) is 22.4. The van der Waals surface area contributed by atoms with Crippen molar-refractivity contribution in [1.29, 1.82) is 0 Å². The first-order valence-corrected chi connectivity index (χ1v) is 11.4. The maximum atomic E-state index is 15.2. The number of primary amides is 1. The highest BCUT2D eigenvalue weighted by Gasteiger charge is 2.29. The van der Waals surface area contributed by atoms with E-state index in [-0.39, 0.29) is 17.3 Å². The smallest absolute Gasteiger partial charge is 0.231 e. The molecule has 3 heterocycles. The van der Waals surface area contributed by atoms with Crippen LogP contribution in [0.25, 0.3) is 0 Å². The predicted molar refractivity (Wildman–Crippen MR) is 119 cm³/mol. The monoisotopic (exact) mass is 436 g/mol. The molecule has 2 saturated heterocycles. The van der Waals surface area contributed by atoms with Crippen molar-refractivity contribution in [2.45, 2.75) is 52.1 Å². The third-order valence-corrected chi connectivity index (χ3v) is 6.44. The van der Waals surface area contributed by atoms with Crippen LogP contribution >= 0.6 is 0 Å². The summed E-state index contributed by atoms with van der Waals surface area (Å²) in [6.07, 6.45) is 5.39. The van der Waals surface area contributed by atoms with Gasteiger partial charge >= 0.3 is 0 Å². The standard InChI is InChI=1S/C22H37FN6O2/c1-4-29(12-17-5-8-22(2,3)31-14-17)21-19(23)20(26-15-27-21)25-11-16-6-9-28(10-7-16)13-18(24)30/h15-17H,4-14H2,1-3H3,(H2,24,30)(H,25,26,27). The number of carbonyl (C=O) groups excluding carboxylic acids is 1. The minimum absolute atomic E-state index is 0.0687. The zero-order valence-electron chi connectivity index (χ0n) is 19.1. The average Bonchev–Trinajstić information content (AvgIpc) is 2.73. The van der Waals surface area contributed by atoms with E-state index in [2.05, 4.69) is 34.0 Å². The fourth-order valence-electron chi connectivity index (χ4n) is 4.39. The van der Waals surface area contributed by atoms with E-state index in [1.807, 2.05) is 11.8 Å². The number of halogens is 1. The highest BCUT2D eigenvalue weighted by atomic mass is 19.1. The van der Waals surface area contributed by atoms with E-state index < -0.39 is 5.82 Å². The van der Waals surface area contributed by atoms with Crippen molar-refractivity contribution in [1.82, 2.24) is 14.9 Å². The number of nitrogens with two attached hydrogens (primary N) is 1. The zero-order valence-corrected chi connectivity index (χ0v) is 19.1. The summed E-state index contributed by atoms with van der Waals surface area (Å²) in [6, 6.07) is 0. The lowest BCUT2D eigenvalue weighted by Crippen LogP contribution is -2.40. The number of ether oxygens (including phenoxy) is 1. The lowest BCUT2D eigenvalue weighted by Gasteiger charge is -2.37. The Bertz CT molecular complexity index is 729. The van der Waals surface area contributed by atoms with Crippen molar-refractivity contribution >= 4 is 17.5 Å². The molecular formula is C22H37FN6O2. The summed E-state index contributed by atoms with van der Waals surface area (Å²) in [5.74, 6) is 0.685. The van der Waals surface area contributed by atoms with E-state index in [1.54, 1.807) is 0 Å². The van der Waals surface area contributed by atoms with Gasteiger partial charge in [0.1, 0.15) is 6.33 Å². The van der Waals surface area contributed by atoms with Crippen molar-refractivity contribution in [2.75, 3.05) is 56.1 Å². The van der Waals surface area contributed by atoms with Crippen LogP contribution in [0, 0.1) is 17.7 Å². The van der Waals surface area contributed by atoms with Gasteiger partial charge in [-0.1, -0.05) is 0 Å². The molecule has 0 aliphatic carbocycles. The van der Waals surface area contributed by atoms with E-state index in [1.165, 1.54) is 6.33 Å². The molecule has 1 aromatic rings. The molecule has 31 heavy (non-hydrogen) atoms. The molecule has 8 nitrogen and oxygen atoms in total. The van der Waals surface area contributed by atoms with Gasteiger partial charge in [0.15, 0.2) is 11.6 Å². The van der Waals surface area contributed by atoms with Crippen LogP contribution in [-0.4, -0.2) is 72.3 Å². The highest BCUT2D eigenvalue weighted by molar-refractivity contribution is 5.75. The molecule has 0 bridgehead atoms. The van der Waals surface area contributed by atoms with Crippen molar-refractivity contribution in [2.24, 2.45) is 17.6 Å². The first-order chi connectivity index (χ1) is 14.8. The van der Waals surface area contributed by atoms with Crippen LogP contribution in [0.5, 0.6) is 0 Å². The minimum atomic E-state index is -0.396. The van der Waals surface area contributed by atoms with E-state index in [9.17, 15) is 4.79 Å². The topological polar surface area (TPSA) is 96.6 Å². The molecular weight excluding hydrogens is 399 g/mol. The second kappa shape index (κ2) is 10.5. The fourth-order valence-corrected chi connectivity index (χ4v) is 4.39. The maximum absolute atomic E-state index is 15.2. The molecule has 1 aromatic heterocycles. The number of piperidine rings is 1. The van der Waals surface area contributed by atoms with Crippen LogP contribution in [0.2, 0.25) is 0 Å². The molecule has 9 heteroatoms. The summed E-state index contributed by atoms with van der Waals surface area (Å²) in [5.41, 5.74) is 5.20. The minimum Gasteiger partial charge on any atom is -0.375 e. The molecule has 2 aliphatic heterocycles. The Hall–Kier alpha value is -2.00. The van der Waals surface area contributed by atoms with Gasteiger partial charge in [-0.25, -0.2) is 9.97 Å². The van der Waals surface area contributed by atoms with E-state index in [4.69, 9.17) is 10.5 Å². The van der Waals surface area contributed by atoms with Crippen molar-refractivity contribution in [3.63, 3.8) is 0 Å². The number of aromatic nitrogens is 2. The Kier molecular flexibility index (Phi) is 8.05. The molecule has 0 radical (unpaired) electrons. The first-order valence-electron chi connectivity index (χ1n) is 11.4. The summed E-state index contributed by atoms with van der Waals surface area (Å²) in [4.78, 5) is 23.5. The summed E-state index contributed by atoms with van der Waals surface area (Å²) < 4.78 is 21.2. The van der Waals surface area contributed by atoms with E-state index in [0.29, 0.717) is 43.9 Å². The number of amides is 1. The van der Waals surface area contributed by atoms with Crippen LogP contribution in [0.15, 0.2) is 6.33 Å². The molecule has 2 aliphatic rings. The first kappa shape index (κ1) is 23.7. The van der Waals surface area contributed by atoms with E-state index >= 15 is 4.39 Å². The van der Waals surface area contributed by atoms with Gasteiger partial charge in [0.05, 0.1) is 18.8 Å². The van der Waals surface area contributed by atoms with Crippen LogP contribution < -0.4 is 16.0 Å². The van der Waals surface area contributed by atoms with Gasteiger partial charge in [-0.05, 0) is 71.4 Å². The molecule has 2 fully saturated rings. The molecule has 1 unspecified atom stereocenters. The summed E-state index contributed by atoms with van der Waals surface area (Å²) >= 11 is 0. The normalized spacial score (nSPS) is 22.3. The quantitative estimate of drug-likeness (QED) is 0.613. The molecule has 1 amide bonds. The number of carbonyl (C=O) groups is 1. The van der Waals surface area contributed by atoms with Gasteiger partial charge in [-0.15, -0.1) is 0 Å². The van der Waals surface area contributed by atoms with Crippen molar-refractivity contribution in [3.8, 4) is 0 Å². The van der Waals surface area contributed by atoms with Gasteiger partial charge in [0.2, 0.25) is 11.7 Å². The number of anilines is 2. The third kappa shape index (κ3) is 6.74. The second-order valence-electron chi connectivity index (χ2n) is 9.44. The lowest BCUT2D eigenvalue weighted by molar-refractivity contribution is -0.119. The number of hydrogen-bond donors (Lipinski definition) is 2. The largest absolute Gasteiger partial charge is 0.375 e. The van der Waals surface area contributed by atoms with Crippen molar-refractivity contribution in [3.05, 3.63) is 12.1 Å². The Balaban J connectivity index is 1.54. The van der Waals surface area contributed by atoms with Crippen molar-refractivity contribution < 1.29 is 13.9 Å². The highest BCUT2D eigenvalue weighted by Crippen LogP contribution is 2.30. The number of hydrogen-bond acceptors (Lipinski definition) is 7. The Morgan fingerprint density at radius 3 is 2.68 bits per heavy atom. The molecule has 1 atom stereocenters. The lowest BCUT2D eigenvalue weighted by atomic mass is 9.91. The predicted octanol–water partition coefficient (Wildman–Crippen LogP) is 2.26. The molecule has 0 aromatic carbocycles. The summed E-state index contributed by atoms with van der Waals surface area (Å²) in [5, 5.41) is 3.18. The van der Waals surface area contributed by atoms with Gasteiger partial charge in [-0.3, -0.25) is 9.69 Å². The Morgan fingerprint density at radius 2 is 2.06 bits per heavy atom. The maximum Gasteiger partial charge on any atom is 0.231 e. The number of likely N-dealkylation sites (tertiary alicyclic amines) is 1. The SMILES string of the molecule is CCN(CC1CCC(C)(C)OC1)c1ncnc(NCC2CCN(CC(N)=O)CC2)c1F. The molecule has 3 rings (SSSR count). The van der Waals surface area contributed by atoms with Crippen LogP contribution in [-0.2, 0) is 9.53 Å². The molecule has 0 saturated carbocycles. The van der Waals surface area contributed by atoms with Gasteiger partial charge in [-0.2, -0.15) is 4.39 Å². The van der Waals surface area contributed by atoms with Gasteiger partial charge in [0, 0.05) is 19.6 Å². The fraction of sp³-hybridized carbons (Fsp3) is 0.773. The third-order valence-electron chi connectivity index (χ3n) is 6.44. The average molecular weight is 437 g/mol. The number of rotatable bonds is 9. The molecule has 0 spiro atoms. The number of nitrogens with zero attached hydrogens (tertiary/aromatic N) is 4. The van der Waals surface area contributed by atoms with E-state index in [0.717, 1.165) is 45.3 Å². The molecule has 3 N–H and O–H groups in total. The van der Waals surface area contributed by atoms with Gasteiger partial charge < -0.3 is 20.7 Å². The summed E-state index contributed by atoms with van der Waals surface area (Å²) in [6.45, 7) is 10.9. The van der Waals surface area contributed by atoms with Crippen LogP contribution in [0.1, 0.15) is 46.5 Å². The number of nitrogens with one attached hydrogen (secondary N) is 1. The molecule has 174 valence electrons. The Morgan fingerprint density at radius 1 is 1.32 bits per heavy atom.